The van der Waals surface area contributed by atoms with Crippen molar-refractivity contribution in [3.8, 4) is 22.8 Å². The van der Waals surface area contributed by atoms with E-state index in [1.807, 2.05) is 40.9 Å². The molecular formula is C26H27N5O4. The summed E-state index contributed by atoms with van der Waals surface area (Å²) in [5.41, 5.74) is 3.71. The van der Waals surface area contributed by atoms with Crippen LogP contribution in [0.15, 0.2) is 61.1 Å². The summed E-state index contributed by atoms with van der Waals surface area (Å²) < 4.78 is 18.4. The molecule has 3 heterocycles. The molecule has 2 N–H and O–H groups in total. The van der Waals surface area contributed by atoms with E-state index in [9.17, 15) is 4.79 Å². The van der Waals surface area contributed by atoms with Gasteiger partial charge in [0.2, 0.25) is 0 Å². The molecule has 0 saturated carbocycles. The summed E-state index contributed by atoms with van der Waals surface area (Å²) in [6.45, 7) is 1.30. The van der Waals surface area contributed by atoms with E-state index >= 15 is 0 Å². The van der Waals surface area contributed by atoms with Crippen molar-refractivity contribution in [2.45, 2.75) is 18.9 Å². The van der Waals surface area contributed by atoms with Crippen LogP contribution >= 0.6 is 0 Å². The molecule has 0 spiro atoms. The van der Waals surface area contributed by atoms with Crippen molar-refractivity contribution in [2.75, 3.05) is 32.7 Å². The highest BCUT2D eigenvalue weighted by molar-refractivity contribution is 5.94. The van der Waals surface area contributed by atoms with Crippen LogP contribution in [0.1, 0.15) is 23.2 Å². The zero-order valence-corrected chi connectivity index (χ0v) is 19.7. The van der Waals surface area contributed by atoms with Gasteiger partial charge in [-0.2, -0.15) is 0 Å². The maximum atomic E-state index is 12.5. The van der Waals surface area contributed by atoms with Gasteiger partial charge in [0.15, 0.2) is 17.1 Å². The Kier molecular flexibility index (Phi) is 6.49. The molecule has 1 amide bonds. The number of hydrogen-bond donors (Lipinski definition) is 2. The number of ether oxygens (including phenoxy) is 3. The van der Waals surface area contributed by atoms with E-state index in [2.05, 4.69) is 15.6 Å². The minimum atomic E-state index is -0.112. The number of amides is 1. The van der Waals surface area contributed by atoms with E-state index in [0.717, 1.165) is 42.2 Å². The van der Waals surface area contributed by atoms with E-state index in [1.54, 1.807) is 38.7 Å². The number of anilines is 2. The van der Waals surface area contributed by atoms with E-state index in [-0.39, 0.29) is 12.0 Å². The largest absolute Gasteiger partial charge is 0.493 e. The number of rotatable bonds is 8. The van der Waals surface area contributed by atoms with Crippen molar-refractivity contribution in [1.29, 1.82) is 0 Å². The highest BCUT2D eigenvalue weighted by atomic mass is 16.5. The predicted octanol–water partition coefficient (Wildman–Crippen LogP) is 4.07. The van der Waals surface area contributed by atoms with E-state index in [1.165, 1.54) is 0 Å². The fraction of sp³-hybridized carbons (Fsp3) is 0.269. The van der Waals surface area contributed by atoms with Gasteiger partial charge in [0.25, 0.3) is 5.91 Å². The number of methoxy groups -OCH3 is 2. The van der Waals surface area contributed by atoms with E-state index < -0.39 is 0 Å². The monoisotopic (exact) mass is 473 g/mol. The van der Waals surface area contributed by atoms with E-state index in [0.29, 0.717) is 29.3 Å². The van der Waals surface area contributed by atoms with Crippen LogP contribution in [0.3, 0.4) is 0 Å². The second kappa shape index (κ2) is 10.0. The topological polar surface area (TPSA) is 99.0 Å². The summed E-state index contributed by atoms with van der Waals surface area (Å²) in [7, 11) is 3.21. The number of hydrogen-bond acceptors (Lipinski definition) is 7. The molecule has 0 radical (unpaired) electrons. The molecule has 9 nitrogen and oxygen atoms in total. The van der Waals surface area contributed by atoms with Gasteiger partial charge in [-0.1, -0.05) is 0 Å². The SMILES string of the molecule is COc1ccc(-c2nc3cnccn3c2Nc2ccc(C(=O)NC[C@H]3CCCO3)cc2)cc1OC. The average molecular weight is 474 g/mol. The van der Waals surface area contributed by atoms with Gasteiger partial charge in [-0.3, -0.25) is 14.2 Å². The minimum Gasteiger partial charge on any atom is -0.493 e. The Labute approximate surface area is 203 Å². The van der Waals surface area contributed by atoms with Gasteiger partial charge in [-0.05, 0) is 55.3 Å². The summed E-state index contributed by atoms with van der Waals surface area (Å²) in [6, 6.07) is 13.0. The van der Waals surface area contributed by atoms with Gasteiger partial charge in [-0.25, -0.2) is 4.98 Å². The Hall–Kier alpha value is -4.11. The normalized spacial score (nSPS) is 15.2. The molecule has 0 aliphatic carbocycles. The summed E-state index contributed by atoms with van der Waals surface area (Å²) in [6.07, 6.45) is 7.41. The van der Waals surface area contributed by atoms with Crippen LogP contribution in [0.4, 0.5) is 11.5 Å². The van der Waals surface area contributed by atoms with Crippen molar-refractivity contribution >= 4 is 23.1 Å². The number of benzene rings is 2. The summed E-state index contributed by atoms with van der Waals surface area (Å²) >= 11 is 0. The van der Waals surface area contributed by atoms with Crippen molar-refractivity contribution in [3.63, 3.8) is 0 Å². The number of carbonyl (C=O) groups is 1. The summed E-state index contributed by atoms with van der Waals surface area (Å²) in [5, 5.41) is 6.41. The first-order valence-corrected chi connectivity index (χ1v) is 11.5. The Morgan fingerprint density at radius 3 is 2.71 bits per heavy atom. The average Bonchev–Trinajstić information content (AvgIpc) is 3.55. The van der Waals surface area contributed by atoms with Crippen LogP contribution in [-0.2, 0) is 4.74 Å². The van der Waals surface area contributed by atoms with Crippen molar-refractivity contribution < 1.29 is 19.0 Å². The van der Waals surface area contributed by atoms with Gasteiger partial charge in [0.05, 0.1) is 26.5 Å². The zero-order chi connectivity index (χ0) is 24.2. The first kappa shape index (κ1) is 22.7. The Balaban J connectivity index is 1.40. The highest BCUT2D eigenvalue weighted by Crippen LogP contribution is 2.36. The van der Waals surface area contributed by atoms with Crippen LogP contribution in [0.5, 0.6) is 11.5 Å². The van der Waals surface area contributed by atoms with Gasteiger partial charge in [0.1, 0.15) is 11.5 Å². The van der Waals surface area contributed by atoms with Crippen LogP contribution in [0, 0.1) is 0 Å². The molecule has 2 aromatic heterocycles. The number of nitrogens with zero attached hydrogens (tertiary/aromatic N) is 3. The number of imidazole rings is 1. The Bertz CT molecular complexity index is 1330. The number of nitrogens with one attached hydrogen (secondary N) is 2. The third kappa shape index (κ3) is 4.76. The van der Waals surface area contributed by atoms with Crippen LogP contribution in [0.25, 0.3) is 16.9 Å². The molecule has 1 atom stereocenters. The molecule has 9 heteroatoms. The Morgan fingerprint density at radius 1 is 1.14 bits per heavy atom. The standard InChI is InChI=1S/C26H27N5O4/c1-33-21-10-7-18(14-22(21)34-2)24-25(31-12-11-27-16-23(31)30-24)29-19-8-5-17(6-9-19)26(32)28-15-20-4-3-13-35-20/h5-12,14,16,20,29H,3-4,13,15H2,1-2H3,(H,28,32)/t20-/m1/s1. The lowest BCUT2D eigenvalue weighted by Gasteiger charge is -2.12. The maximum Gasteiger partial charge on any atom is 0.251 e. The molecule has 1 saturated heterocycles. The summed E-state index contributed by atoms with van der Waals surface area (Å²) in [4.78, 5) is 21.5. The molecular weight excluding hydrogens is 446 g/mol. The number of carbonyl (C=O) groups excluding carboxylic acids is 1. The molecule has 1 aliphatic heterocycles. The third-order valence-electron chi connectivity index (χ3n) is 6.01. The van der Waals surface area contributed by atoms with Crippen LogP contribution < -0.4 is 20.1 Å². The quantitative estimate of drug-likeness (QED) is 0.398. The molecule has 1 fully saturated rings. The van der Waals surface area contributed by atoms with Gasteiger partial charge in [-0.15, -0.1) is 0 Å². The second-order valence-corrected chi connectivity index (χ2v) is 8.23. The summed E-state index contributed by atoms with van der Waals surface area (Å²) in [5.74, 6) is 1.91. The zero-order valence-electron chi connectivity index (χ0n) is 19.7. The fourth-order valence-corrected chi connectivity index (χ4v) is 4.17. The predicted molar refractivity (Wildman–Crippen MR) is 133 cm³/mol. The van der Waals surface area contributed by atoms with Crippen molar-refractivity contribution in [2.24, 2.45) is 0 Å². The first-order chi connectivity index (χ1) is 17.2. The molecule has 2 aromatic carbocycles. The molecule has 4 aromatic rings. The maximum absolute atomic E-state index is 12.5. The number of aromatic nitrogens is 3. The molecule has 0 bridgehead atoms. The van der Waals surface area contributed by atoms with Gasteiger partial charge >= 0.3 is 0 Å². The lowest BCUT2D eigenvalue weighted by Crippen LogP contribution is -2.31. The molecule has 1 aliphatic rings. The highest BCUT2D eigenvalue weighted by Gasteiger charge is 2.18. The fourth-order valence-electron chi connectivity index (χ4n) is 4.17. The minimum absolute atomic E-state index is 0.111. The van der Waals surface area contributed by atoms with Crippen molar-refractivity contribution in [1.82, 2.24) is 19.7 Å². The van der Waals surface area contributed by atoms with E-state index in [4.69, 9.17) is 19.2 Å². The molecule has 180 valence electrons. The Morgan fingerprint density at radius 2 is 1.97 bits per heavy atom. The molecule has 35 heavy (non-hydrogen) atoms. The molecule has 0 unspecified atom stereocenters. The third-order valence-corrected chi connectivity index (χ3v) is 6.01. The lowest BCUT2D eigenvalue weighted by molar-refractivity contribution is 0.0858. The van der Waals surface area contributed by atoms with Crippen LogP contribution in [-0.4, -0.2) is 53.8 Å². The van der Waals surface area contributed by atoms with Gasteiger partial charge in [0, 0.05) is 42.4 Å². The smallest absolute Gasteiger partial charge is 0.251 e. The van der Waals surface area contributed by atoms with Crippen LogP contribution in [0.2, 0.25) is 0 Å². The first-order valence-electron chi connectivity index (χ1n) is 11.5. The van der Waals surface area contributed by atoms with Gasteiger partial charge < -0.3 is 24.8 Å². The molecule has 5 rings (SSSR count). The number of fused-ring (bicyclic) bond motifs is 1. The lowest BCUT2D eigenvalue weighted by atomic mass is 10.1. The van der Waals surface area contributed by atoms with Crippen molar-refractivity contribution in [3.05, 3.63) is 66.6 Å². The second-order valence-electron chi connectivity index (χ2n) is 8.23.